The number of hydrogen-bond acceptors (Lipinski definition) is 3. The summed E-state index contributed by atoms with van der Waals surface area (Å²) in [5, 5.41) is 13.7. The highest BCUT2D eigenvalue weighted by Gasteiger charge is 2.49. The number of likely N-dealkylation sites (N-methyl/N-ethyl adjacent to an activating group) is 1. The summed E-state index contributed by atoms with van der Waals surface area (Å²) in [6.45, 7) is 3.87. The Morgan fingerprint density at radius 3 is 2.48 bits per heavy atom. The Balaban J connectivity index is 2.19. The van der Waals surface area contributed by atoms with Crippen LogP contribution in [0.3, 0.4) is 0 Å². The lowest BCUT2D eigenvalue weighted by Gasteiger charge is -2.34. The largest absolute Gasteiger partial charge is 0.389 e. The van der Waals surface area contributed by atoms with Gasteiger partial charge in [-0.2, -0.15) is 0 Å². The van der Waals surface area contributed by atoms with Crippen molar-refractivity contribution in [3.8, 4) is 0 Å². The second kappa shape index (κ2) is 6.58. The summed E-state index contributed by atoms with van der Waals surface area (Å²) < 4.78 is 14.7. The molecular formula is C20H23FN2O2. The summed E-state index contributed by atoms with van der Waals surface area (Å²) in [5.74, 6) is -0.661. The van der Waals surface area contributed by atoms with Gasteiger partial charge in [-0.3, -0.25) is 9.69 Å². The van der Waals surface area contributed by atoms with Crippen LogP contribution in [0.5, 0.6) is 0 Å². The molecule has 1 amide bonds. The predicted octanol–water partition coefficient (Wildman–Crippen LogP) is 2.77. The molecular weight excluding hydrogens is 319 g/mol. The fourth-order valence-corrected chi connectivity index (χ4v) is 3.56. The van der Waals surface area contributed by atoms with Gasteiger partial charge in [0.15, 0.2) is 0 Å². The monoisotopic (exact) mass is 342 g/mol. The number of para-hydroxylation sites is 1. The summed E-state index contributed by atoms with van der Waals surface area (Å²) in [4.78, 5) is 14.6. The third-order valence-corrected chi connectivity index (χ3v) is 4.85. The quantitative estimate of drug-likeness (QED) is 0.878. The van der Waals surface area contributed by atoms with E-state index in [1.165, 1.54) is 11.0 Å². The fraction of sp³-hybridized carbons (Fsp3) is 0.350. The SMILES string of the molecule is CNC[C@H](O)[C@H](c1ccccc1)N1C(=O)C(C)(C)c2cccc(F)c21. The first-order valence-electron chi connectivity index (χ1n) is 8.40. The molecule has 0 bridgehead atoms. The van der Waals surface area contributed by atoms with Crippen molar-refractivity contribution in [2.24, 2.45) is 0 Å². The fourth-order valence-electron chi connectivity index (χ4n) is 3.56. The molecule has 2 atom stereocenters. The van der Waals surface area contributed by atoms with Crippen molar-refractivity contribution in [2.45, 2.75) is 31.4 Å². The van der Waals surface area contributed by atoms with E-state index in [4.69, 9.17) is 0 Å². The van der Waals surface area contributed by atoms with Gasteiger partial charge >= 0.3 is 0 Å². The van der Waals surface area contributed by atoms with Gasteiger partial charge in [-0.25, -0.2) is 4.39 Å². The van der Waals surface area contributed by atoms with Crippen molar-refractivity contribution in [3.63, 3.8) is 0 Å². The third kappa shape index (κ3) is 2.83. The summed E-state index contributed by atoms with van der Waals surface area (Å²) in [5.41, 5.74) is 0.839. The normalized spacial score (nSPS) is 18.1. The zero-order valence-corrected chi connectivity index (χ0v) is 14.7. The maximum atomic E-state index is 14.7. The third-order valence-electron chi connectivity index (χ3n) is 4.85. The predicted molar refractivity (Wildman–Crippen MR) is 96.0 cm³/mol. The van der Waals surface area contributed by atoms with E-state index in [1.807, 2.05) is 30.3 Å². The molecule has 2 N–H and O–H groups in total. The Hall–Kier alpha value is -2.24. The van der Waals surface area contributed by atoms with Crippen molar-refractivity contribution in [1.82, 2.24) is 5.32 Å². The first-order valence-corrected chi connectivity index (χ1v) is 8.40. The molecule has 0 fully saturated rings. The molecule has 2 aromatic carbocycles. The summed E-state index contributed by atoms with van der Waals surface area (Å²) in [6, 6.07) is 13.4. The number of halogens is 1. The van der Waals surface area contributed by atoms with E-state index in [9.17, 15) is 14.3 Å². The molecule has 1 heterocycles. The van der Waals surface area contributed by atoms with Gasteiger partial charge in [0.1, 0.15) is 5.82 Å². The van der Waals surface area contributed by atoms with Crippen LogP contribution < -0.4 is 10.2 Å². The van der Waals surface area contributed by atoms with Crippen molar-refractivity contribution < 1.29 is 14.3 Å². The minimum absolute atomic E-state index is 0.211. The molecule has 4 nitrogen and oxygen atoms in total. The van der Waals surface area contributed by atoms with Crippen molar-refractivity contribution in [3.05, 3.63) is 65.5 Å². The van der Waals surface area contributed by atoms with E-state index in [0.717, 1.165) is 5.56 Å². The van der Waals surface area contributed by atoms with Gasteiger partial charge in [0, 0.05) is 6.54 Å². The molecule has 1 aliphatic heterocycles. The lowest BCUT2D eigenvalue weighted by molar-refractivity contribution is -0.123. The van der Waals surface area contributed by atoms with E-state index in [1.54, 1.807) is 33.0 Å². The van der Waals surface area contributed by atoms with E-state index >= 15 is 0 Å². The molecule has 0 aromatic heterocycles. The van der Waals surface area contributed by atoms with Crippen LogP contribution in [0.4, 0.5) is 10.1 Å². The number of nitrogens with zero attached hydrogens (tertiary/aromatic N) is 1. The molecule has 0 aliphatic carbocycles. The first-order chi connectivity index (χ1) is 11.9. The standard InChI is InChI=1S/C20H23FN2O2/c1-20(2)14-10-7-11-15(21)18(14)23(19(20)25)17(16(24)12-22-3)13-8-5-4-6-9-13/h4-11,16-17,22,24H,12H2,1-3H3/t16-,17-/m0/s1. The number of fused-ring (bicyclic) bond motifs is 1. The molecule has 1 aliphatic rings. The van der Waals surface area contributed by atoms with Crippen molar-refractivity contribution in [2.75, 3.05) is 18.5 Å². The van der Waals surface area contributed by atoms with Gasteiger partial charge in [0.2, 0.25) is 5.91 Å². The Bertz CT molecular complexity index is 777. The van der Waals surface area contributed by atoms with Gasteiger partial charge in [0.05, 0.1) is 23.2 Å². The molecule has 2 aromatic rings. The molecule has 132 valence electrons. The number of amides is 1. The van der Waals surface area contributed by atoms with Crippen LogP contribution in [0.15, 0.2) is 48.5 Å². The second-order valence-corrected chi connectivity index (χ2v) is 6.92. The Morgan fingerprint density at radius 2 is 1.84 bits per heavy atom. The smallest absolute Gasteiger partial charge is 0.237 e. The van der Waals surface area contributed by atoms with Crippen LogP contribution in [-0.4, -0.2) is 30.7 Å². The number of anilines is 1. The zero-order valence-electron chi connectivity index (χ0n) is 14.7. The Kier molecular flexibility index (Phi) is 4.62. The molecule has 3 rings (SSSR count). The number of carbonyl (C=O) groups is 1. The van der Waals surface area contributed by atoms with Gasteiger partial charge in [0.25, 0.3) is 0 Å². The molecule has 0 spiro atoms. The maximum Gasteiger partial charge on any atom is 0.237 e. The molecule has 0 unspecified atom stereocenters. The van der Waals surface area contributed by atoms with Crippen molar-refractivity contribution >= 4 is 11.6 Å². The minimum atomic E-state index is -0.877. The molecule has 0 radical (unpaired) electrons. The number of nitrogens with one attached hydrogen (secondary N) is 1. The van der Waals surface area contributed by atoms with Gasteiger partial charge in [-0.1, -0.05) is 42.5 Å². The number of hydrogen-bond donors (Lipinski definition) is 2. The van der Waals surface area contributed by atoms with Gasteiger partial charge in [-0.15, -0.1) is 0 Å². The average molecular weight is 342 g/mol. The number of rotatable bonds is 5. The first kappa shape index (κ1) is 17.6. The van der Waals surface area contributed by atoms with Crippen LogP contribution in [0.1, 0.15) is 31.0 Å². The second-order valence-electron chi connectivity index (χ2n) is 6.92. The van der Waals surface area contributed by atoms with Crippen LogP contribution in [-0.2, 0) is 10.2 Å². The Morgan fingerprint density at radius 1 is 1.16 bits per heavy atom. The summed E-state index contributed by atoms with van der Waals surface area (Å²) >= 11 is 0. The number of aliphatic hydroxyl groups is 1. The average Bonchev–Trinajstić information content (AvgIpc) is 2.79. The molecule has 25 heavy (non-hydrogen) atoms. The minimum Gasteiger partial charge on any atom is -0.389 e. The summed E-state index contributed by atoms with van der Waals surface area (Å²) in [6.07, 6.45) is -0.877. The lowest BCUT2D eigenvalue weighted by atomic mass is 9.86. The maximum absolute atomic E-state index is 14.7. The highest BCUT2D eigenvalue weighted by Crippen LogP contribution is 2.47. The van der Waals surface area contributed by atoms with E-state index in [-0.39, 0.29) is 18.1 Å². The van der Waals surface area contributed by atoms with Crippen molar-refractivity contribution in [1.29, 1.82) is 0 Å². The van der Waals surface area contributed by atoms with Crippen LogP contribution in [0.2, 0.25) is 0 Å². The van der Waals surface area contributed by atoms with E-state index < -0.39 is 23.4 Å². The number of benzene rings is 2. The lowest BCUT2D eigenvalue weighted by Crippen LogP contribution is -2.45. The van der Waals surface area contributed by atoms with Crippen LogP contribution in [0, 0.1) is 5.82 Å². The zero-order chi connectivity index (χ0) is 18.2. The highest BCUT2D eigenvalue weighted by atomic mass is 19.1. The Labute approximate surface area is 147 Å². The number of carbonyl (C=O) groups excluding carboxylic acids is 1. The summed E-state index contributed by atoms with van der Waals surface area (Å²) in [7, 11) is 1.73. The molecule has 0 saturated carbocycles. The highest BCUT2D eigenvalue weighted by molar-refractivity contribution is 6.08. The molecule has 0 saturated heterocycles. The molecule has 5 heteroatoms. The van der Waals surface area contributed by atoms with Gasteiger partial charge < -0.3 is 10.4 Å². The van der Waals surface area contributed by atoms with Gasteiger partial charge in [-0.05, 0) is 38.1 Å². The topological polar surface area (TPSA) is 52.6 Å². The van der Waals surface area contributed by atoms with Crippen LogP contribution >= 0.6 is 0 Å². The van der Waals surface area contributed by atoms with E-state index in [2.05, 4.69) is 5.32 Å². The van der Waals surface area contributed by atoms with E-state index in [0.29, 0.717) is 5.56 Å². The number of aliphatic hydroxyl groups excluding tert-OH is 1. The van der Waals surface area contributed by atoms with Crippen LogP contribution in [0.25, 0.3) is 0 Å².